The van der Waals surface area contributed by atoms with E-state index in [4.69, 9.17) is 4.74 Å². The molecule has 0 aliphatic rings. The van der Waals surface area contributed by atoms with Gasteiger partial charge in [-0.2, -0.15) is 0 Å². The molecule has 0 saturated carbocycles. The summed E-state index contributed by atoms with van der Waals surface area (Å²) in [6, 6.07) is 7.53. The molecular formula is C22H26BrF3N4O4. The largest absolute Gasteiger partial charge is 0.573 e. The first-order valence-corrected chi connectivity index (χ1v) is 11.2. The number of carbonyl (C=O) groups is 2. The first-order valence-electron chi connectivity index (χ1n) is 10.4. The molecule has 2 aromatic rings. The van der Waals surface area contributed by atoms with E-state index in [1.165, 1.54) is 37.4 Å². The van der Waals surface area contributed by atoms with Crippen LogP contribution in [0, 0.1) is 0 Å². The number of methoxy groups -OCH3 is 1. The van der Waals surface area contributed by atoms with Gasteiger partial charge in [-0.15, -0.1) is 13.2 Å². The monoisotopic (exact) mass is 546 g/mol. The number of nitrogens with one attached hydrogen (secondary N) is 3. The molecule has 0 fully saturated rings. The Morgan fingerprint density at radius 1 is 1.00 bits per heavy atom. The van der Waals surface area contributed by atoms with Crippen LogP contribution in [0.3, 0.4) is 0 Å². The summed E-state index contributed by atoms with van der Waals surface area (Å²) in [5.74, 6) is -0.557. The molecule has 12 heteroatoms. The number of anilines is 2. The second kappa shape index (κ2) is 12.5. The number of urea groups is 1. The highest BCUT2D eigenvalue weighted by molar-refractivity contribution is 9.10. The molecule has 0 aliphatic carbocycles. The lowest BCUT2D eigenvalue weighted by Gasteiger charge is -2.18. The van der Waals surface area contributed by atoms with Crippen LogP contribution in [-0.4, -0.2) is 56.5 Å². The number of rotatable bonds is 10. The Kier molecular flexibility index (Phi) is 9.99. The van der Waals surface area contributed by atoms with Crippen LogP contribution in [0.15, 0.2) is 40.9 Å². The van der Waals surface area contributed by atoms with Crippen molar-refractivity contribution in [2.45, 2.75) is 20.2 Å². The van der Waals surface area contributed by atoms with E-state index in [0.29, 0.717) is 24.3 Å². The fraction of sp³-hybridized carbons (Fsp3) is 0.364. The Hall–Kier alpha value is -2.99. The van der Waals surface area contributed by atoms with Gasteiger partial charge in [-0.05, 0) is 53.3 Å². The van der Waals surface area contributed by atoms with E-state index in [9.17, 15) is 22.8 Å². The highest BCUT2D eigenvalue weighted by Gasteiger charge is 2.32. The first kappa shape index (κ1) is 27.3. The van der Waals surface area contributed by atoms with Crippen molar-refractivity contribution in [3.8, 4) is 11.5 Å². The van der Waals surface area contributed by atoms with E-state index in [1.54, 1.807) is 0 Å². The minimum atomic E-state index is -4.88. The van der Waals surface area contributed by atoms with Gasteiger partial charge in [-0.3, -0.25) is 4.79 Å². The summed E-state index contributed by atoms with van der Waals surface area (Å²) in [4.78, 5) is 27.0. The molecule has 0 heterocycles. The van der Waals surface area contributed by atoms with Crippen molar-refractivity contribution in [1.29, 1.82) is 0 Å². The van der Waals surface area contributed by atoms with Crippen LogP contribution >= 0.6 is 15.9 Å². The van der Waals surface area contributed by atoms with Crippen LogP contribution in [0.4, 0.5) is 29.3 Å². The van der Waals surface area contributed by atoms with Crippen LogP contribution in [0.5, 0.6) is 11.5 Å². The normalized spacial score (nSPS) is 11.2. The third kappa shape index (κ3) is 8.41. The second-order valence-electron chi connectivity index (χ2n) is 6.97. The number of benzene rings is 2. The Bertz CT molecular complexity index is 1000. The van der Waals surface area contributed by atoms with Gasteiger partial charge in [0.15, 0.2) is 0 Å². The first-order chi connectivity index (χ1) is 16.1. The summed E-state index contributed by atoms with van der Waals surface area (Å²) in [6.07, 6.45) is -4.88. The molecule has 2 rings (SSSR count). The van der Waals surface area contributed by atoms with Crippen molar-refractivity contribution in [2.24, 2.45) is 0 Å². The number of hydrogen-bond donors (Lipinski definition) is 3. The zero-order chi connectivity index (χ0) is 25.3. The van der Waals surface area contributed by atoms with Crippen LogP contribution in [0.2, 0.25) is 0 Å². The molecule has 0 aliphatic heterocycles. The van der Waals surface area contributed by atoms with Gasteiger partial charge < -0.3 is 30.3 Å². The molecule has 8 nitrogen and oxygen atoms in total. The lowest BCUT2D eigenvalue weighted by molar-refractivity contribution is -0.274. The molecule has 0 aromatic heterocycles. The van der Waals surface area contributed by atoms with Gasteiger partial charge in [-0.1, -0.05) is 13.8 Å². The summed E-state index contributed by atoms with van der Waals surface area (Å²) in [6.45, 7) is 7.04. The minimum Gasteiger partial charge on any atom is -0.496 e. The lowest BCUT2D eigenvalue weighted by Crippen LogP contribution is -2.34. The molecule has 0 spiro atoms. The van der Waals surface area contributed by atoms with Crippen molar-refractivity contribution in [1.82, 2.24) is 10.2 Å². The lowest BCUT2D eigenvalue weighted by atomic mass is 10.1. The molecule has 0 radical (unpaired) electrons. The average molecular weight is 547 g/mol. The molecule has 186 valence electrons. The summed E-state index contributed by atoms with van der Waals surface area (Å²) in [7, 11) is 1.40. The molecule has 0 bridgehead atoms. The number of amides is 3. The molecular weight excluding hydrogens is 521 g/mol. The summed E-state index contributed by atoms with van der Waals surface area (Å²) in [5, 5.41) is 7.80. The molecule has 0 atom stereocenters. The quantitative estimate of drug-likeness (QED) is 0.387. The van der Waals surface area contributed by atoms with E-state index in [-0.39, 0.29) is 21.8 Å². The third-order valence-electron chi connectivity index (χ3n) is 4.73. The number of likely N-dealkylation sites (N-methyl/N-ethyl adjacent to an activating group) is 1. The summed E-state index contributed by atoms with van der Waals surface area (Å²) < 4.78 is 46.8. The minimum absolute atomic E-state index is 0.0754. The fourth-order valence-electron chi connectivity index (χ4n) is 3.00. The van der Waals surface area contributed by atoms with Crippen molar-refractivity contribution >= 4 is 39.2 Å². The molecule has 3 amide bonds. The van der Waals surface area contributed by atoms with Crippen LogP contribution in [-0.2, 0) is 0 Å². The van der Waals surface area contributed by atoms with E-state index in [1.807, 2.05) is 13.8 Å². The zero-order valence-electron chi connectivity index (χ0n) is 18.9. The maximum Gasteiger partial charge on any atom is 0.573 e. The average Bonchev–Trinajstić information content (AvgIpc) is 2.77. The number of hydrogen-bond acceptors (Lipinski definition) is 5. The van der Waals surface area contributed by atoms with Gasteiger partial charge in [0.25, 0.3) is 5.91 Å². The molecule has 0 saturated heterocycles. The van der Waals surface area contributed by atoms with E-state index in [2.05, 4.69) is 41.5 Å². The second-order valence-corrected chi connectivity index (χ2v) is 7.82. The Morgan fingerprint density at radius 3 is 2.15 bits per heavy atom. The number of ether oxygens (including phenoxy) is 2. The van der Waals surface area contributed by atoms with Crippen LogP contribution in [0.1, 0.15) is 24.2 Å². The predicted molar refractivity (Wildman–Crippen MR) is 127 cm³/mol. The molecule has 0 unspecified atom stereocenters. The van der Waals surface area contributed by atoms with Crippen molar-refractivity contribution < 1.29 is 32.2 Å². The van der Waals surface area contributed by atoms with Gasteiger partial charge >= 0.3 is 12.4 Å². The number of carbonyl (C=O) groups excluding carboxylic acids is 2. The topological polar surface area (TPSA) is 91.9 Å². The summed E-state index contributed by atoms with van der Waals surface area (Å²) in [5.41, 5.74) is 0.698. The third-order valence-corrected chi connectivity index (χ3v) is 5.38. The maximum atomic E-state index is 12.5. The zero-order valence-corrected chi connectivity index (χ0v) is 20.5. The standard InChI is InChI=1S/C22H26BrF3N4O4/c1-4-30(5-2)11-10-27-20(31)16-8-6-14(12-18(16)33-3)28-21(32)29-15-7-9-17(23)19(13-15)34-22(24,25)26/h6-9,12-13H,4-5,10-11H2,1-3H3,(H,27,31)(H2,28,29,32). The van der Waals surface area contributed by atoms with E-state index in [0.717, 1.165) is 19.2 Å². The van der Waals surface area contributed by atoms with E-state index < -0.39 is 18.1 Å². The Morgan fingerprint density at radius 2 is 1.59 bits per heavy atom. The van der Waals surface area contributed by atoms with Crippen LogP contribution < -0.4 is 25.4 Å². The SMILES string of the molecule is CCN(CC)CCNC(=O)c1ccc(NC(=O)Nc2ccc(Br)c(OC(F)(F)F)c2)cc1OC. The van der Waals surface area contributed by atoms with Gasteiger partial charge in [0.1, 0.15) is 11.5 Å². The van der Waals surface area contributed by atoms with Crippen LogP contribution in [0.25, 0.3) is 0 Å². The fourth-order valence-corrected chi connectivity index (χ4v) is 3.32. The highest BCUT2D eigenvalue weighted by atomic mass is 79.9. The van der Waals surface area contributed by atoms with Gasteiger partial charge in [-0.25, -0.2) is 4.79 Å². The molecule has 2 aromatic carbocycles. The van der Waals surface area contributed by atoms with Crippen molar-refractivity contribution in [3.63, 3.8) is 0 Å². The number of halogens is 4. The van der Waals surface area contributed by atoms with Crippen molar-refractivity contribution in [3.05, 3.63) is 46.4 Å². The highest BCUT2D eigenvalue weighted by Crippen LogP contribution is 2.33. The maximum absolute atomic E-state index is 12.5. The molecule has 34 heavy (non-hydrogen) atoms. The number of alkyl halides is 3. The van der Waals surface area contributed by atoms with E-state index >= 15 is 0 Å². The van der Waals surface area contributed by atoms with Gasteiger partial charge in [0.2, 0.25) is 0 Å². The predicted octanol–water partition coefficient (Wildman–Crippen LogP) is 5.07. The summed E-state index contributed by atoms with van der Waals surface area (Å²) >= 11 is 2.96. The van der Waals surface area contributed by atoms with Gasteiger partial charge in [0, 0.05) is 36.6 Å². The smallest absolute Gasteiger partial charge is 0.496 e. The molecule has 3 N–H and O–H groups in total. The Labute approximate surface area is 203 Å². The van der Waals surface area contributed by atoms with Crippen molar-refractivity contribution in [2.75, 3.05) is 43.9 Å². The number of nitrogens with zero attached hydrogens (tertiary/aromatic N) is 1. The Balaban J connectivity index is 2.02. The van der Waals surface area contributed by atoms with Gasteiger partial charge in [0.05, 0.1) is 17.1 Å².